The molecule has 2 aromatic rings. The van der Waals surface area contributed by atoms with Gasteiger partial charge in [-0.1, -0.05) is 11.8 Å². The van der Waals surface area contributed by atoms with Crippen LogP contribution in [0.2, 0.25) is 0 Å². The first kappa shape index (κ1) is 10.7. The van der Waals surface area contributed by atoms with Crippen molar-refractivity contribution in [3.8, 4) is 0 Å². The third kappa shape index (κ3) is 2.42. The van der Waals surface area contributed by atoms with E-state index in [1.807, 2.05) is 11.6 Å². The molecule has 0 saturated heterocycles. The molecule has 2 aromatic heterocycles. The van der Waals surface area contributed by atoms with Crippen LogP contribution in [0.4, 0.5) is 0 Å². The number of aromatic nitrogens is 2. The van der Waals surface area contributed by atoms with Gasteiger partial charge in [-0.25, -0.2) is 4.98 Å². The number of hydrogen-bond donors (Lipinski definition) is 1. The maximum atomic E-state index is 9.02. The predicted octanol–water partition coefficient (Wildman–Crippen LogP) is 2.27. The van der Waals surface area contributed by atoms with Crippen LogP contribution in [-0.2, 0) is 19.4 Å². The zero-order valence-corrected chi connectivity index (χ0v) is 10.0. The highest BCUT2D eigenvalue weighted by molar-refractivity contribution is 7.98. The van der Waals surface area contributed by atoms with Crippen molar-refractivity contribution in [2.24, 2.45) is 7.05 Å². The first-order valence-electron chi connectivity index (χ1n) is 4.56. The molecule has 2 rings (SSSR count). The van der Waals surface area contributed by atoms with E-state index >= 15 is 0 Å². The zero-order chi connectivity index (χ0) is 10.7. The quantitative estimate of drug-likeness (QED) is 0.833. The van der Waals surface area contributed by atoms with Crippen molar-refractivity contribution in [1.82, 2.24) is 9.55 Å². The largest absolute Gasteiger partial charge is 0.390 e. The Labute approximate surface area is 96.8 Å². The fourth-order valence-corrected chi connectivity index (χ4v) is 2.92. The van der Waals surface area contributed by atoms with Crippen molar-refractivity contribution in [2.75, 3.05) is 0 Å². The maximum Gasteiger partial charge on any atom is 0.168 e. The summed E-state index contributed by atoms with van der Waals surface area (Å²) in [7, 11) is 1.93. The van der Waals surface area contributed by atoms with Crippen LogP contribution in [0.3, 0.4) is 0 Å². The molecule has 3 nitrogen and oxygen atoms in total. The summed E-state index contributed by atoms with van der Waals surface area (Å²) in [5.41, 5.74) is 2.17. The molecule has 0 fully saturated rings. The Bertz CT molecular complexity index is 423. The van der Waals surface area contributed by atoms with Gasteiger partial charge in [-0.2, -0.15) is 11.3 Å². The molecule has 2 heterocycles. The van der Waals surface area contributed by atoms with Crippen LogP contribution >= 0.6 is 23.1 Å². The van der Waals surface area contributed by atoms with Gasteiger partial charge in [-0.15, -0.1) is 0 Å². The molecule has 0 aliphatic rings. The third-order valence-corrected chi connectivity index (χ3v) is 4.00. The minimum atomic E-state index is 0.0442. The molecule has 5 heteroatoms. The molecule has 0 aliphatic carbocycles. The second-order valence-electron chi connectivity index (χ2n) is 3.17. The number of nitrogens with zero attached hydrogens (tertiary/aromatic N) is 2. The van der Waals surface area contributed by atoms with E-state index < -0.39 is 0 Å². The van der Waals surface area contributed by atoms with Gasteiger partial charge in [0.2, 0.25) is 0 Å². The summed E-state index contributed by atoms with van der Waals surface area (Å²) in [6.07, 6.45) is 1.72. The van der Waals surface area contributed by atoms with Gasteiger partial charge in [0.05, 0.1) is 18.5 Å². The summed E-state index contributed by atoms with van der Waals surface area (Å²) >= 11 is 3.40. The van der Waals surface area contributed by atoms with Crippen molar-refractivity contribution >= 4 is 23.1 Å². The topological polar surface area (TPSA) is 38.0 Å². The molecule has 0 amide bonds. The van der Waals surface area contributed by atoms with E-state index in [2.05, 4.69) is 21.8 Å². The number of thiophene rings is 1. The van der Waals surface area contributed by atoms with Crippen molar-refractivity contribution in [2.45, 2.75) is 17.5 Å². The molecular formula is C10H12N2OS2. The molecule has 0 aromatic carbocycles. The fourth-order valence-electron chi connectivity index (χ4n) is 1.23. The molecule has 0 aliphatic heterocycles. The van der Waals surface area contributed by atoms with E-state index in [0.717, 1.165) is 16.6 Å². The summed E-state index contributed by atoms with van der Waals surface area (Å²) < 4.78 is 1.93. The molecule has 1 N–H and O–H groups in total. The van der Waals surface area contributed by atoms with Crippen LogP contribution in [0.5, 0.6) is 0 Å². The fraction of sp³-hybridized carbons (Fsp3) is 0.300. The number of hydrogen-bond acceptors (Lipinski definition) is 4. The van der Waals surface area contributed by atoms with Crippen molar-refractivity contribution in [3.63, 3.8) is 0 Å². The molecule has 80 valence electrons. The number of imidazole rings is 1. The average Bonchev–Trinajstić information content (AvgIpc) is 2.85. The lowest BCUT2D eigenvalue weighted by Crippen LogP contribution is -1.97. The van der Waals surface area contributed by atoms with Gasteiger partial charge in [-0.3, -0.25) is 0 Å². The van der Waals surface area contributed by atoms with Gasteiger partial charge in [0.15, 0.2) is 5.16 Å². The molecular weight excluding hydrogens is 228 g/mol. The first-order valence-corrected chi connectivity index (χ1v) is 6.49. The first-order chi connectivity index (χ1) is 7.31. The highest BCUT2D eigenvalue weighted by atomic mass is 32.2. The maximum absolute atomic E-state index is 9.02. The van der Waals surface area contributed by atoms with Crippen LogP contribution in [0.15, 0.2) is 28.2 Å². The molecule has 0 bridgehead atoms. The van der Waals surface area contributed by atoms with Gasteiger partial charge < -0.3 is 9.67 Å². The Morgan fingerprint density at radius 2 is 2.47 bits per heavy atom. The highest BCUT2D eigenvalue weighted by Crippen LogP contribution is 2.22. The van der Waals surface area contributed by atoms with Gasteiger partial charge >= 0.3 is 0 Å². The summed E-state index contributed by atoms with van der Waals surface area (Å²) in [6.45, 7) is 0.0442. The van der Waals surface area contributed by atoms with Crippen LogP contribution in [-0.4, -0.2) is 14.7 Å². The lowest BCUT2D eigenvalue weighted by Gasteiger charge is -2.02. The molecule has 0 saturated carbocycles. The number of aliphatic hydroxyl groups excluding tert-OH is 1. The van der Waals surface area contributed by atoms with Crippen molar-refractivity contribution < 1.29 is 5.11 Å². The Kier molecular flexibility index (Phi) is 3.45. The van der Waals surface area contributed by atoms with Gasteiger partial charge in [0.1, 0.15) is 0 Å². The van der Waals surface area contributed by atoms with E-state index in [4.69, 9.17) is 5.11 Å². The van der Waals surface area contributed by atoms with Gasteiger partial charge in [-0.05, 0) is 22.4 Å². The smallest absolute Gasteiger partial charge is 0.168 e. The van der Waals surface area contributed by atoms with Crippen LogP contribution in [0.1, 0.15) is 11.3 Å². The van der Waals surface area contributed by atoms with Gasteiger partial charge in [0, 0.05) is 12.8 Å². The van der Waals surface area contributed by atoms with E-state index in [1.165, 1.54) is 5.56 Å². The zero-order valence-electron chi connectivity index (χ0n) is 8.38. The average molecular weight is 240 g/mol. The standard InChI is InChI=1S/C10H12N2OS2/c1-12-9(5-13)4-11-10(12)15-7-8-2-3-14-6-8/h2-4,6,13H,5,7H2,1H3. The number of rotatable bonds is 4. The SMILES string of the molecule is Cn1c(CO)cnc1SCc1ccsc1. The summed E-state index contributed by atoms with van der Waals surface area (Å²) in [5.74, 6) is 0.930. The Balaban J connectivity index is 2.02. The van der Waals surface area contributed by atoms with E-state index in [0.29, 0.717) is 0 Å². The van der Waals surface area contributed by atoms with Crippen molar-refractivity contribution in [1.29, 1.82) is 0 Å². The molecule has 0 atom stereocenters. The number of thioether (sulfide) groups is 1. The molecule has 15 heavy (non-hydrogen) atoms. The van der Waals surface area contributed by atoms with Crippen molar-refractivity contribution in [3.05, 3.63) is 34.3 Å². The van der Waals surface area contributed by atoms with Crippen LogP contribution < -0.4 is 0 Å². The predicted molar refractivity (Wildman–Crippen MR) is 63.0 cm³/mol. The summed E-state index contributed by atoms with van der Waals surface area (Å²) in [5, 5.41) is 14.2. The van der Waals surface area contributed by atoms with Gasteiger partial charge in [0.25, 0.3) is 0 Å². The van der Waals surface area contributed by atoms with Crippen LogP contribution in [0.25, 0.3) is 0 Å². The molecule has 0 unspecified atom stereocenters. The molecule has 0 spiro atoms. The second kappa shape index (κ2) is 4.83. The Morgan fingerprint density at radius 1 is 1.60 bits per heavy atom. The molecule has 0 radical (unpaired) electrons. The Morgan fingerprint density at radius 3 is 3.07 bits per heavy atom. The Hall–Kier alpha value is -0.780. The second-order valence-corrected chi connectivity index (χ2v) is 4.89. The normalized spacial score (nSPS) is 10.8. The third-order valence-electron chi connectivity index (χ3n) is 2.15. The van der Waals surface area contributed by atoms with E-state index in [-0.39, 0.29) is 6.61 Å². The number of aliphatic hydroxyl groups is 1. The lowest BCUT2D eigenvalue weighted by molar-refractivity contribution is 0.271. The van der Waals surface area contributed by atoms with E-state index in [1.54, 1.807) is 29.3 Å². The lowest BCUT2D eigenvalue weighted by atomic mass is 10.4. The summed E-state index contributed by atoms with van der Waals surface area (Å²) in [6, 6.07) is 2.12. The highest BCUT2D eigenvalue weighted by Gasteiger charge is 2.06. The summed E-state index contributed by atoms with van der Waals surface area (Å²) in [4.78, 5) is 4.26. The van der Waals surface area contributed by atoms with Crippen LogP contribution in [0, 0.1) is 0 Å². The van der Waals surface area contributed by atoms with E-state index in [9.17, 15) is 0 Å². The minimum absolute atomic E-state index is 0.0442. The minimum Gasteiger partial charge on any atom is -0.390 e. The monoisotopic (exact) mass is 240 g/mol.